The highest BCUT2D eigenvalue weighted by Gasteiger charge is 2.36. The lowest BCUT2D eigenvalue weighted by molar-refractivity contribution is 0.0975. The fourth-order valence-electron chi connectivity index (χ4n) is 5.85. The van der Waals surface area contributed by atoms with Gasteiger partial charge in [0.1, 0.15) is 35.3 Å². The average Bonchev–Trinajstić information content (AvgIpc) is 3.90. The molecular formula is C34H8N6O4S3. The van der Waals surface area contributed by atoms with Crippen molar-refractivity contribution < 1.29 is 19.2 Å². The van der Waals surface area contributed by atoms with Crippen molar-refractivity contribution in [2.45, 2.75) is 0 Å². The van der Waals surface area contributed by atoms with Crippen LogP contribution < -0.4 is 0 Å². The predicted molar refractivity (Wildman–Crippen MR) is 173 cm³/mol. The predicted octanol–water partition coefficient (Wildman–Crippen LogP) is 6.53. The van der Waals surface area contributed by atoms with E-state index in [4.69, 9.17) is 0 Å². The molecule has 0 atom stereocenters. The Morgan fingerprint density at radius 2 is 0.830 bits per heavy atom. The molecule has 0 unspecified atom stereocenters. The van der Waals surface area contributed by atoms with Crippen molar-refractivity contribution in [1.82, 2.24) is 8.75 Å². The van der Waals surface area contributed by atoms with Crippen molar-refractivity contribution in [2.75, 3.05) is 0 Å². The molecule has 2 aliphatic rings. The first-order chi connectivity index (χ1) is 22.8. The smallest absolute Gasteiger partial charge is 0.197 e. The minimum Gasteiger partial charge on any atom is -0.288 e. The number of benzene rings is 3. The van der Waals surface area contributed by atoms with Gasteiger partial charge < -0.3 is 0 Å². The van der Waals surface area contributed by atoms with Gasteiger partial charge in [-0.25, -0.2) is 0 Å². The van der Waals surface area contributed by atoms with Gasteiger partial charge in [0.2, 0.25) is 0 Å². The molecule has 0 saturated heterocycles. The normalized spacial score (nSPS) is 13.5. The van der Waals surface area contributed by atoms with Crippen molar-refractivity contribution in [3.63, 3.8) is 0 Å². The maximum Gasteiger partial charge on any atom is 0.197 e. The summed E-state index contributed by atoms with van der Waals surface area (Å²) in [5.41, 5.74) is 1.45. The summed E-state index contributed by atoms with van der Waals surface area (Å²) in [5.74, 6) is -2.13. The zero-order valence-electron chi connectivity index (χ0n) is 23.2. The highest BCUT2D eigenvalue weighted by molar-refractivity contribution is 7.28. The number of carbonyl (C=O) groups excluding carboxylic acids is 4. The number of ketones is 4. The highest BCUT2D eigenvalue weighted by Crippen LogP contribution is 2.44. The number of nitrogens with zero attached hydrogens (tertiary/aromatic N) is 6. The second-order valence-corrected chi connectivity index (χ2v) is 13.2. The largest absolute Gasteiger partial charge is 0.288 e. The summed E-state index contributed by atoms with van der Waals surface area (Å²) in [7, 11) is 0. The van der Waals surface area contributed by atoms with Gasteiger partial charge in [0.05, 0.1) is 54.5 Å². The van der Waals surface area contributed by atoms with Crippen molar-refractivity contribution in [1.29, 1.82) is 21.0 Å². The molecule has 0 N–H and O–H groups in total. The van der Waals surface area contributed by atoms with Crippen LogP contribution >= 0.6 is 34.4 Å². The third-order valence-corrected chi connectivity index (χ3v) is 10.9. The molecule has 6 aromatic rings. The molecule has 3 aromatic carbocycles. The van der Waals surface area contributed by atoms with Gasteiger partial charge in [0.25, 0.3) is 0 Å². The standard InChI is InChI=1S/C34H8N6O4S3/c35-9-13-1-19-20(2-14(13)10-36)30(42)25(29(19)41)7-17-5-23-27-28(40-47-39-27)24-6-18(46-34(24)33(23)45-17)8-26-31(43)21-3-15(11-37)16(12-38)4-22(21)32(26)44/h1-8H. The number of fused-ring (bicyclic) bond motifs is 8. The first-order valence-electron chi connectivity index (χ1n) is 13.5. The van der Waals surface area contributed by atoms with Gasteiger partial charge in [0, 0.05) is 42.8 Å². The monoisotopic (exact) mass is 660 g/mol. The SMILES string of the molecule is N#Cc1cc2c(cc1C#N)C(=O)C(=Cc1cc3c4nsnc4c4cc(C=C5C(=O)c6cc(C#N)c(C#N)cc6C5=O)sc4c3s1)C2=O. The lowest BCUT2D eigenvalue weighted by atomic mass is 10.0. The number of hydrogen-bond donors (Lipinski definition) is 0. The van der Waals surface area contributed by atoms with Crippen LogP contribution in [-0.2, 0) is 0 Å². The topological polar surface area (TPSA) is 189 Å². The number of nitriles is 4. The first-order valence-corrected chi connectivity index (χ1v) is 15.8. The number of allylic oxidation sites excluding steroid dienone is 2. The second kappa shape index (κ2) is 10.0. The van der Waals surface area contributed by atoms with E-state index in [0.29, 0.717) is 20.8 Å². The van der Waals surface area contributed by atoms with Gasteiger partial charge in [0.15, 0.2) is 23.1 Å². The minimum atomic E-state index is -0.533. The van der Waals surface area contributed by atoms with Crippen LogP contribution in [0.5, 0.6) is 0 Å². The van der Waals surface area contributed by atoms with Crippen LogP contribution in [0.3, 0.4) is 0 Å². The highest BCUT2D eigenvalue weighted by atomic mass is 32.1. The van der Waals surface area contributed by atoms with Gasteiger partial charge in [-0.3, -0.25) is 19.2 Å². The van der Waals surface area contributed by atoms with Crippen LogP contribution in [0.25, 0.3) is 43.4 Å². The maximum atomic E-state index is 13.3. The molecule has 47 heavy (non-hydrogen) atoms. The van der Waals surface area contributed by atoms with E-state index in [-0.39, 0.29) is 55.7 Å². The van der Waals surface area contributed by atoms with Gasteiger partial charge in [-0.05, 0) is 48.6 Å². The summed E-state index contributed by atoms with van der Waals surface area (Å²) in [6.45, 7) is 0. The number of Topliss-reactive ketones (excluding diaryl/α,β-unsaturated/α-hetero) is 4. The zero-order valence-corrected chi connectivity index (χ0v) is 25.6. The van der Waals surface area contributed by atoms with Crippen LogP contribution in [0.1, 0.15) is 73.4 Å². The quantitative estimate of drug-likeness (QED) is 0.146. The average molecular weight is 661 g/mol. The summed E-state index contributed by atoms with van der Waals surface area (Å²) in [5, 5.41) is 39.0. The number of aromatic nitrogens is 2. The Kier molecular flexibility index (Phi) is 5.97. The molecule has 0 spiro atoms. The van der Waals surface area contributed by atoms with E-state index in [0.717, 1.165) is 31.9 Å². The van der Waals surface area contributed by atoms with Crippen LogP contribution in [0.2, 0.25) is 0 Å². The lowest BCUT2D eigenvalue weighted by Crippen LogP contribution is -1.99. The Labute approximate surface area is 274 Å². The number of thiophene rings is 2. The lowest BCUT2D eigenvalue weighted by Gasteiger charge is -1.98. The molecule has 3 aromatic heterocycles. The summed E-state index contributed by atoms with van der Waals surface area (Å²) in [6, 6.07) is 16.3. The molecule has 3 heterocycles. The van der Waals surface area contributed by atoms with Crippen LogP contribution in [0.4, 0.5) is 0 Å². The second-order valence-electron chi connectivity index (χ2n) is 10.5. The van der Waals surface area contributed by atoms with E-state index >= 15 is 0 Å². The fourth-order valence-corrected chi connectivity index (χ4v) is 8.79. The summed E-state index contributed by atoms with van der Waals surface area (Å²) in [6.07, 6.45) is 3.00. The van der Waals surface area contributed by atoms with Gasteiger partial charge >= 0.3 is 0 Å². The van der Waals surface area contributed by atoms with E-state index in [1.54, 1.807) is 0 Å². The maximum absolute atomic E-state index is 13.3. The molecule has 0 bridgehead atoms. The van der Waals surface area contributed by atoms with Crippen molar-refractivity contribution in [2.24, 2.45) is 0 Å². The van der Waals surface area contributed by atoms with E-state index in [2.05, 4.69) is 8.75 Å². The molecule has 0 fully saturated rings. The molecule has 0 amide bonds. The summed E-state index contributed by atoms with van der Waals surface area (Å²) in [4.78, 5) is 54.2. The molecule has 2 aliphatic carbocycles. The van der Waals surface area contributed by atoms with Gasteiger partial charge in [-0.1, -0.05) is 0 Å². The van der Waals surface area contributed by atoms with E-state index in [1.165, 1.54) is 59.1 Å². The Morgan fingerprint density at radius 1 is 0.511 bits per heavy atom. The first kappa shape index (κ1) is 28.0. The zero-order chi connectivity index (χ0) is 32.7. The van der Waals surface area contributed by atoms with Crippen molar-refractivity contribution in [3.8, 4) is 24.3 Å². The fraction of sp³-hybridized carbons (Fsp3) is 0. The molecular weight excluding hydrogens is 653 g/mol. The van der Waals surface area contributed by atoms with Crippen LogP contribution in [-0.4, -0.2) is 31.9 Å². The summed E-state index contributed by atoms with van der Waals surface area (Å²) < 4.78 is 10.6. The molecule has 13 heteroatoms. The molecule has 0 saturated carbocycles. The molecule has 0 aliphatic heterocycles. The number of carbonyl (C=O) groups is 4. The number of hydrogen-bond acceptors (Lipinski definition) is 13. The van der Waals surface area contributed by atoms with Crippen LogP contribution in [0, 0.1) is 45.3 Å². The Bertz CT molecular complexity index is 2520. The third kappa shape index (κ3) is 3.89. The van der Waals surface area contributed by atoms with E-state index in [1.807, 2.05) is 36.4 Å². The Morgan fingerprint density at radius 3 is 1.13 bits per heavy atom. The molecule has 10 nitrogen and oxygen atoms in total. The van der Waals surface area contributed by atoms with Gasteiger partial charge in [-0.2, -0.15) is 29.8 Å². The Balaban J connectivity index is 1.25. The molecule has 8 rings (SSSR count). The molecule has 0 radical (unpaired) electrons. The van der Waals surface area contributed by atoms with E-state index in [9.17, 15) is 40.2 Å². The van der Waals surface area contributed by atoms with Crippen LogP contribution in [0.15, 0.2) is 47.5 Å². The van der Waals surface area contributed by atoms with Crippen molar-refractivity contribution >= 4 is 101 Å². The van der Waals surface area contributed by atoms with Crippen molar-refractivity contribution in [3.05, 3.63) is 102 Å². The third-order valence-electron chi connectivity index (χ3n) is 8.03. The van der Waals surface area contributed by atoms with Gasteiger partial charge in [-0.15, -0.1) is 22.7 Å². The molecule has 216 valence electrons. The minimum absolute atomic E-state index is 0.0171. The number of rotatable bonds is 2. The Hall–Kier alpha value is -6.48. The van der Waals surface area contributed by atoms with E-state index < -0.39 is 23.1 Å². The summed E-state index contributed by atoms with van der Waals surface area (Å²) >= 11 is 3.68.